The summed E-state index contributed by atoms with van der Waals surface area (Å²) in [5, 5.41) is 4.02. The average Bonchev–Trinajstić information content (AvgIpc) is 2.95. The molecule has 3 heterocycles. The lowest BCUT2D eigenvalue weighted by Gasteiger charge is -2.17. The second-order valence-corrected chi connectivity index (χ2v) is 4.61. The van der Waals surface area contributed by atoms with Crippen LogP contribution in [0.5, 0.6) is 0 Å². The molecular formula is C14H16N6. The zero-order valence-electron chi connectivity index (χ0n) is 11.5. The lowest BCUT2D eigenvalue weighted by Crippen LogP contribution is -2.18. The average molecular weight is 268 g/mol. The number of fused-ring (bicyclic) bond motifs is 1. The van der Waals surface area contributed by atoms with Crippen molar-refractivity contribution in [3.05, 3.63) is 42.4 Å². The molecule has 3 rings (SSSR count). The van der Waals surface area contributed by atoms with Gasteiger partial charge >= 0.3 is 0 Å². The minimum absolute atomic E-state index is 0.627. The third-order valence-electron chi connectivity index (χ3n) is 3.13. The molecule has 102 valence electrons. The molecule has 0 amide bonds. The van der Waals surface area contributed by atoms with Crippen LogP contribution in [0.25, 0.3) is 11.0 Å². The second-order valence-electron chi connectivity index (χ2n) is 4.61. The minimum atomic E-state index is 0.627. The third kappa shape index (κ3) is 2.40. The summed E-state index contributed by atoms with van der Waals surface area (Å²) in [5.74, 6) is 1.54. The maximum absolute atomic E-state index is 4.58. The largest absolute Gasteiger partial charge is 0.357 e. The highest BCUT2D eigenvalue weighted by molar-refractivity contribution is 5.77. The predicted octanol–water partition coefficient (Wildman–Crippen LogP) is 2.03. The van der Waals surface area contributed by atoms with Crippen molar-refractivity contribution < 1.29 is 0 Å². The summed E-state index contributed by atoms with van der Waals surface area (Å²) in [6.07, 6.45) is 5.54. The Bertz CT molecular complexity index is 703. The van der Waals surface area contributed by atoms with Gasteiger partial charge in [0, 0.05) is 50.2 Å². The molecule has 0 fully saturated rings. The van der Waals surface area contributed by atoms with Crippen molar-refractivity contribution in [2.45, 2.75) is 6.54 Å². The fourth-order valence-electron chi connectivity index (χ4n) is 2.05. The van der Waals surface area contributed by atoms with E-state index in [1.54, 1.807) is 7.05 Å². The van der Waals surface area contributed by atoms with Gasteiger partial charge in [0.15, 0.2) is 0 Å². The van der Waals surface area contributed by atoms with Crippen LogP contribution in [-0.4, -0.2) is 34.0 Å². The molecule has 3 aromatic heterocycles. The topological polar surface area (TPSA) is 69.7 Å². The van der Waals surface area contributed by atoms with Gasteiger partial charge in [0.1, 0.15) is 11.5 Å². The van der Waals surface area contributed by atoms with Gasteiger partial charge in [-0.15, -0.1) is 0 Å². The van der Waals surface area contributed by atoms with Crippen LogP contribution in [0.3, 0.4) is 0 Å². The van der Waals surface area contributed by atoms with E-state index in [0.29, 0.717) is 12.5 Å². The van der Waals surface area contributed by atoms with E-state index in [4.69, 9.17) is 0 Å². The first-order valence-electron chi connectivity index (χ1n) is 6.40. The van der Waals surface area contributed by atoms with Gasteiger partial charge in [-0.3, -0.25) is 0 Å². The van der Waals surface area contributed by atoms with Gasteiger partial charge in [-0.25, -0.2) is 15.0 Å². The highest BCUT2D eigenvalue weighted by Gasteiger charge is 2.06. The molecule has 6 nitrogen and oxygen atoms in total. The van der Waals surface area contributed by atoms with Crippen molar-refractivity contribution >= 4 is 22.8 Å². The number of anilines is 2. The molecule has 3 aromatic rings. The Labute approximate surface area is 116 Å². The number of pyridine rings is 1. The lowest BCUT2D eigenvalue weighted by atomic mass is 10.3. The summed E-state index contributed by atoms with van der Waals surface area (Å²) in [6.45, 7) is 0.712. The summed E-state index contributed by atoms with van der Waals surface area (Å²) in [7, 11) is 3.81. The molecule has 6 heteroatoms. The number of rotatable bonds is 4. The highest BCUT2D eigenvalue weighted by Crippen LogP contribution is 2.17. The molecule has 0 aliphatic heterocycles. The minimum Gasteiger partial charge on any atom is -0.357 e. The number of aromatic amines is 1. The van der Waals surface area contributed by atoms with Crippen molar-refractivity contribution in [3.63, 3.8) is 0 Å². The van der Waals surface area contributed by atoms with Crippen LogP contribution in [0, 0.1) is 0 Å². The normalized spacial score (nSPS) is 10.7. The Kier molecular flexibility index (Phi) is 3.20. The molecule has 20 heavy (non-hydrogen) atoms. The lowest BCUT2D eigenvalue weighted by molar-refractivity contribution is 0.885. The molecule has 0 aromatic carbocycles. The highest BCUT2D eigenvalue weighted by atomic mass is 15.2. The first-order chi connectivity index (χ1) is 9.76. The monoisotopic (exact) mass is 268 g/mol. The molecule has 0 saturated carbocycles. The van der Waals surface area contributed by atoms with Gasteiger partial charge in [-0.2, -0.15) is 0 Å². The zero-order chi connectivity index (χ0) is 13.9. The van der Waals surface area contributed by atoms with Crippen LogP contribution in [-0.2, 0) is 6.54 Å². The quantitative estimate of drug-likeness (QED) is 0.757. The fourth-order valence-corrected chi connectivity index (χ4v) is 2.05. The van der Waals surface area contributed by atoms with E-state index in [1.807, 2.05) is 37.8 Å². The van der Waals surface area contributed by atoms with Crippen molar-refractivity contribution in [1.29, 1.82) is 0 Å². The van der Waals surface area contributed by atoms with Gasteiger partial charge in [0.2, 0.25) is 5.95 Å². The van der Waals surface area contributed by atoms with Crippen molar-refractivity contribution in [2.24, 2.45) is 0 Å². The summed E-state index contributed by atoms with van der Waals surface area (Å²) in [4.78, 5) is 18.2. The maximum atomic E-state index is 4.58. The van der Waals surface area contributed by atoms with E-state index in [1.165, 1.54) is 0 Å². The SMILES string of the molecule is CNc1ncc(CN(C)c2ccc3cc[nH]c3n2)cn1. The van der Waals surface area contributed by atoms with Crippen LogP contribution in [0.1, 0.15) is 5.56 Å². The van der Waals surface area contributed by atoms with E-state index in [9.17, 15) is 0 Å². The van der Waals surface area contributed by atoms with Crippen LogP contribution in [0.2, 0.25) is 0 Å². The Morgan fingerprint density at radius 1 is 1.20 bits per heavy atom. The van der Waals surface area contributed by atoms with E-state index in [0.717, 1.165) is 22.4 Å². The van der Waals surface area contributed by atoms with E-state index >= 15 is 0 Å². The van der Waals surface area contributed by atoms with Gasteiger partial charge < -0.3 is 15.2 Å². The third-order valence-corrected chi connectivity index (χ3v) is 3.13. The van der Waals surface area contributed by atoms with E-state index in [2.05, 4.69) is 36.2 Å². The van der Waals surface area contributed by atoms with E-state index < -0.39 is 0 Å². The fraction of sp³-hybridized carbons (Fsp3) is 0.214. The van der Waals surface area contributed by atoms with E-state index in [-0.39, 0.29) is 0 Å². The second kappa shape index (κ2) is 5.16. The van der Waals surface area contributed by atoms with Gasteiger partial charge in [-0.05, 0) is 18.2 Å². The molecule has 2 N–H and O–H groups in total. The molecule has 0 atom stereocenters. The van der Waals surface area contributed by atoms with Crippen molar-refractivity contribution in [2.75, 3.05) is 24.3 Å². The van der Waals surface area contributed by atoms with Crippen LogP contribution < -0.4 is 10.2 Å². The number of aromatic nitrogens is 4. The smallest absolute Gasteiger partial charge is 0.222 e. The predicted molar refractivity (Wildman–Crippen MR) is 79.8 cm³/mol. The number of hydrogen-bond donors (Lipinski definition) is 2. The van der Waals surface area contributed by atoms with Gasteiger partial charge in [-0.1, -0.05) is 0 Å². The Hall–Kier alpha value is -2.63. The maximum Gasteiger partial charge on any atom is 0.222 e. The first-order valence-corrected chi connectivity index (χ1v) is 6.40. The van der Waals surface area contributed by atoms with Crippen LogP contribution >= 0.6 is 0 Å². The van der Waals surface area contributed by atoms with Crippen LogP contribution in [0.4, 0.5) is 11.8 Å². The molecule has 0 bridgehead atoms. The summed E-state index contributed by atoms with van der Waals surface area (Å²) < 4.78 is 0. The number of nitrogens with one attached hydrogen (secondary N) is 2. The van der Waals surface area contributed by atoms with Crippen LogP contribution in [0.15, 0.2) is 36.8 Å². The molecule has 0 unspecified atom stereocenters. The van der Waals surface area contributed by atoms with Gasteiger partial charge in [0.25, 0.3) is 0 Å². The Morgan fingerprint density at radius 2 is 2.00 bits per heavy atom. The Balaban J connectivity index is 1.78. The first kappa shape index (κ1) is 12.4. The summed E-state index contributed by atoms with van der Waals surface area (Å²) in [5.41, 5.74) is 1.94. The molecule has 0 aliphatic carbocycles. The van der Waals surface area contributed by atoms with Crippen molar-refractivity contribution in [1.82, 2.24) is 19.9 Å². The zero-order valence-corrected chi connectivity index (χ0v) is 11.5. The van der Waals surface area contributed by atoms with Crippen molar-refractivity contribution in [3.8, 4) is 0 Å². The summed E-state index contributed by atoms with van der Waals surface area (Å²) >= 11 is 0. The molecule has 0 radical (unpaired) electrons. The number of H-pyrrole nitrogens is 1. The molecular weight excluding hydrogens is 252 g/mol. The molecule has 0 spiro atoms. The number of hydrogen-bond acceptors (Lipinski definition) is 5. The molecule has 0 aliphatic rings. The summed E-state index contributed by atoms with van der Waals surface area (Å²) in [6, 6.07) is 6.08. The molecule has 0 saturated heterocycles. The Morgan fingerprint density at radius 3 is 2.75 bits per heavy atom. The standard InChI is InChI=1S/C14H16N6/c1-15-14-17-7-10(8-18-14)9-20(2)12-4-3-11-5-6-16-13(11)19-12/h3-8H,9H2,1-2H3,(H,16,19)(H,15,17,18). The van der Waals surface area contributed by atoms with Gasteiger partial charge in [0.05, 0.1) is 0 Å². The number of nitrogens with zero attached hydrogens (tertiary/aromatic N) is 4.